The third-order valence-corrected chi connectivity index (χ3v) is 9.90. The van der Waals surface area contributed by atoms with E-state index in [1.54, 1.807) is 6.20 Å². The van der Waals surface area contributed by atoms with Crippen molar-refractivity contribution in [2.24, 2.45) is 5.92 Å². The van der Waals surface area contributed by atoms with Gasteiger partial charge < -0.3 is 10.0 Å². The normalized spacial score (nSPS) is 19.3. The number of alkyl halides is 3. The lowest BCUT2D eigenvalue weighted by molar-refractivity contribution is -0.138. The maximum atomic E-state index is 13.8. The number of thiazole rings is 1. The fraction of sp³-hybridized carbons (Fsp3) is 0.515. The molecule has 0 saturated carbocycles. The zero-order valence-corrected chi connectivity index (χ0v) is 27.4. The summed E-state index contributed by atoms with van der Waals surface area (Å²) in [6, 6.07) is 3.75. The van der Waals surface area contributed by atoms with E-state index >= 15 is 0 Å². The van der Waals surface area contributed by atoms with E-state index in [0.29, 0.717) is 61.2 Å². The highest BCUT2D eigenvalue weighted by Crippen LogP contribution is 2.39. The molecule has 14 heteroatoms. The zero-order chi connectivity index (χ0) is 33.9. The lowest BCUT2D eigenvalue weighted by Crippen LogP contribution is -2.52. The molecular formula is C33H38F3N7O3S. The van der Waals surface area contributed by atoms with Crippen LogP contribution in [0.5, 0.6) is 0 Å². The third-order valence-electron chi connectivity index (χ3n) is 8.86. The van der Waals surface area contributed by atoms with Crippen LogP contribution in [0.3, 0.4) is 0 Å². The largest absolute Gasteiger partial charge is 0.481 e. The molecule has 47 heavy (non-hydrogen) atoms. The van der Waals surface area contributed by atoms with Crippen molar-refractivity contribution in [3.05, 3.63) is 63.2 Å². The second-order valence-corrected chi connectivity index (χ2v) is 13.7. The Kier molecular flexibility index (Phi) is 10.6. The number of Topliss-reactive ketones (excluding diaryl/α,β-unsaturated/α-hetero) is 1. The number of carbonyl (C=O) groups excluding carboxylic acids is 1. The van der Waals surface area contributed by atoms with Crippen molar-refractivity contribution in [3.8, 4) is 11.3 Å². The molecule has 3 aromatic rings. The Labute approximate surface area is 276 Å². The molecule has 2 fully saturated rings. The molecule has 0 radical (unpaired) electrons. The number of carbonyl (C=O) groups is 2. The lowest BCUT2D eigenvalue weighted by Gasteiger charge is -2.40. The maximum Gasteiger partial charge on any atom is 0.415 e. The van der Waals surface area contributed by atoms with Gasteiger partial charge >= 0.3 is 12.1 Å². The second kappa shape index (κ2) is 14.5. The number of halogens is 3. The number of aliphatic carboxylic acids is 1. The van der Waals surface area contributed by atoms with Gasteiger partial charge in [0.1, 0.15) is 16.5 Å². The number of likely N-dealkylation sites (tertiary alicyclic amines) is 1. The highest BCUT2D eigenvalue weighted by atomic mass is 32.1. The minimum atomic E-state index is -4.63. The van der Waals surface area contributed by atoms with Crippen molar-refractivity contribution in [3.63, 3.8) is 0 Å². The van der Waals surface area contributed by atoms with Crippen LogP contribution in [-0.2, 0) is 23.9 Å². The number of ketones is 1. The minimum Gasteiger partial charge on any atom is -0.481 e. The van der Waals surface area contributed by atoms with Crippen molar-refractivity contribution in [1.82, 2.24) is 24.8 Å². The zero-order valence-electron chi connectivity index (χ0n) is 26.6. The molecule has 0 amide bonds. The van der Waals surface area contributed by atoms with Gasteiger partial charge in [-0.1, -0.05) is 13.8 Å². The summed E-state index contributed by atoms with van der Waals surface area (Å²) in [5.41, 5.74) is -0.308. The van der Waals surface area contributed by atoms with Crippen LogP contribution in [0.25, 0.3) is 16.1 Å². The summed E-state index contributed by atoms with van der Waals surface area (Å²) in [4.78, 5) is 48.4. The van der Waals surface area contributed by atoms with Crippen molar-refractivity contribution in [2.45, 2.75) is 71.3 Å². The van der Waals surface area contributed by atoms with E-state index in [1.165, 1.54) is 23.6 Å². The van der Waals surface area contributed by atoms with Crippen LogP contribution in [0.2, 0.25) is 0 Å². The molecule has 1 aromatic carbocycles. The number of carboxylic acid groups (broad SMARTS) is 1. The third kappa shape index (κ3) is 8.33. The fourth-order valence-corrected chi connectivity index (χ4v) is 7.52. The average molecular weight is 670 g/mol. The van der Waals surface area contributed by atoms with Gasteiger partial charge in [-0.05, 0) is 56.0 Å². The van der Waals surface area contributed by atoms with E-state index in [4.69, 9.17) is 16.7 Å². The van der Waals surface area contributed by atoms with Crippen molar-refractivity contribution in [1.29, 1.82) is 0 Å². The Bertz CT molecular complexity index is 1640. The molecule has 2 aliphatic heterocycles. The molecule has 1 unspecified atom stereocenters. The van der Waals surface area contributed by atoms with Crippen LogP contribution in [0, 0.1) is 12.5 Å². The molecule has 0 spiro atoms. The summed E-state index contributed by atoms with van der Waals surface area (Å²) in [5, 5.41) is 9.45. The van der Waals surface area contributed by atoms with Gasteiger partial charge in [-0.15, -0.1) is 11.3 Å². The number of hydrogen-bond acceptors (Lipinski definition) is 9. The van der Waals surface area contributed by atoms with Crippen LogP contribution >= 0.6 is 11.3 Å². The molecule has 0 bridgehead atoms. The number of hydrogen-bond donors (Lipinski definition) is 1. The monoisotopic (exact) mass is 669 g/mol. The first-order chi connectivity index (χ1) is 22.3. The summed E-state index contributed by atoms with van der Waals surface area (Å²) in [5.74, 6) is -0.111. The molecule has 4 heterocycles. The molecule has 2 aromatic heterocycles. The Hall–Kier alpha value is -3.93. The van der Waals surface area contributed by atoms with Gasteiger partial charge in [0.25, 0.3) is 0 Å². The Morgan fingerprint density at radius 1 is 1.13 bits per heavy atom. The average Bonchev–Trinajstić information content (AvgIpc) is 3.67. The number of carboxylic acids is 1. The topological polar surface area (TPSA) is 107 Å². The number of nitrogens with zero attached hydrogens (tertiary/aromatic N) is 7. The SMILES string of the molecule is [C-]#[N+]c1cc(-c2nc(CC(=O)c3cnc(N4CCN(CCC(=O)O)[C@@H](C)C4)cn3)sc2CN2CCCC2C(C)C)cc(C(F)(F)F)c1. The summed E-state index contributed by atoms with van der Waals surface area (Å²) in [6.45, 7) is 17.5. The van der Waals surface area contributed by atoms with Gasteiger partial charge in [-0.3, -0.25) is 19.4 Å². The number of aromatic nitrogens is 3. The number of piperazine rings is 1. The first-order valence-corrected chi connectivity index (χ1v) is 16.5. The van der Waals surface area contributed by atoms with E-state index in [0.717, 1.165) is 36.4 Å². The molecule has 1 N–H and O–H groups in total. The van der Waals surface area contributed by atoms with Gasteiger partial charge in [0.15, 0.2) is 11.5 Å². The predicted octanol–water partition coefficient (Wildman–Crippen LogP) is 6.20. The van der Waals surface area contributed by atoms with E-state index in [9.17, 15) is 22.8 Å². The van der Waals surface area contributed by atoms with Crippen LogP contribution in [0.1, 0.15) is 66.0 Å². The fourth-order valence-electron chi connectivity index (χ4n) is 6.40. The van der Waals surface area contributed by atoms with E-state index in [1.807, 2.05) is 6.92 Å². The summed E-state index contributed by atoms with van der Waals surface area (Å²) >= 11 is 1.31. The highest BCUT2D eigenvalue weighted by molar-refractivity contribution is 7.12. The maximum absolute atomic E-state index is 13.8. The molecule has 2 atom stereocenters. The minimum absolute atomic E-state index is 0.0851. The van der Waals surface area contributed by atoms with E-state index in [2.05, 4.69) is 43.4 Å². The van der Waals surface area contributed by atoms with Crippen LogP contribution < -0.4 is 4.90 Å². The summed E-state index contributed by atoms with van der Waals surface area (Å²) < 4.78 is 41.3. The van der Waals surface area contributed by atoms with Crippen LogP contribution in [-0.4, -0.2) is 86.4 Å². The smallest absolute Gasteiger partial charge is 0.415 e. The van der Waals surface area contributed by atoms with Crippen molar-refractivity contribution >= 4 is 34.6 Å². The van der Waals surface area contributed by atoms with Crippen LogP contribution in [0.4, 0.5) is 24.7 Å². The first-order valence-electron chi connectivity index (χ1n) is 15.7. The highest BCUT2D eigenvalue weighted by Gasteiger charge is 2.33. The van der Waals surface area contributed by atoms with E-state index < -0.39 is 17.7 Å². The molecule has 2 aliphatic rings. The standard InChI is InChI=1S/C33H38F3N7O3S/c1-20(2)26-6-5-8-42(26)19-28-32(22-12-23(33(34,35)36)14-24(13-22)37-4)40-30(47-28)15-27(44)25-16-39-29(17-38-25)43-11-10-41(21(3)18-43)9-7-31(45)46/h12-14,16-17,20-21,26H,5-11,15,18-19H2,1-3H3,(H,45,46)/t21-,26?/m0/s1. The van der Waals surface area contributed by atoms with Crippen LogP contribution in [0.15, 0.2) is 30.6 Å². The molecule has 10 nitrogen and oxygen atoms in total. The number of rotatable bonds is 11. The van der Waals surface area contributed by atoms with Gasteiger partial charge in [0.05, 0.1) is 37.5 Å². The lowest BCUT2D eigenvalue weighted by atomic mass is 10.0. The second-order valence-electron chi connectivity index (χ2n) is 12.5. The first kappa shape index (κ1) is 34.4. The number of anilines is 1. The molecule has 250 valence electrons. The van der Waals surface area contributed by atoms with Gasteiger partial charge in [-0.25, -0.2) is 19.8 Å². The van der Waals surface area contributed by atoms with Crippen molar-refractivity contribution in [2.75, 3.05) is 37.6 Å². The Morgan fingerprint density at radius 3 is 2.55 bits per heavy atom. The molecule has 0 aliphatic carbocycles. The Morgan fingerprint density at radius 2 is 1.91 bits per heavy atom. The number of benzene rings is 1. The molecule has 2 saturated heterocycles. The van der Waals surface area contributed by atoms with E-state index in [-0.39, 0.29) is 41.6 Å². The molecular weight excluding hydrogens is 631 g/mol. The quantitative estimate of drug-likeness (QED) is 0.189. The van der Waals surface area contributed by atoms with Gasteiger partial charge in [-0.2, -0.15) is 13.2 Å². The Balaban J connectivity index is 1.36. The van der Waals surface area contributed by atoms with Gasteiger partial charge in [0.2, 0.25) is 0 Å². The summed E-state index contributed by atoms with van der Waals surface area (Å²) in [6.07, 6.45) is 0.423. The van der Waals surface area contributed by atoms with Gasteiger partial charge in [0, 0.05) is 55.2 Å². The predicted molar refractivity (Wildman–Crippen MR) is 173 cm³/mol. The van der Waals surface area contributed by atoms with Crippen molar-refractivity contribution < 1.29 is 27.9 Å². The summed E-state index contributed by atoms with van der Waals surface area (Å²) in [7, 11) is 0. The molecule has 5 rings (SSSR count).